The monoisotopic (exact) mass is 334 g/mol. The van der Waals surface area contributed by atoms with Crippen LogP contribution in [0, 0.1) is 11.3 Å². The summed E-state index contributed by atoms with van der Waals surface area (Å²) in [6, 6.07) is 6.96. The van der Waals surface area contributed by atoms with Gasteiger partial charge in [-0.15, -0.1) is 0 Å². The Morgan fingerprint density at radius 3 is 2.17 bits per heavy atom. The molecule has 1 unspecified atom stereocenters. The lowest BCUT2D eigenvalue weighted by Crippen LogP contribution is -2.34. The van der Waals surface area contributed by atoms with E-state index in [0.29, 0.717) is 18.7 Å². The molecule has 0 aliphatic carbocycles. The summed E-state index contributed by atoms with van der Waals surface area (Å²) < 4.78 is 0. The van der Waals surface area contributed by atoms with Gasteiger partial charge in [-0.2, -0.15) is 0 Å². The zero-order chi connectivity index (χ0) is 18.3. The molecular weight excluding hydrogens is 308 g/mol. The summed E-state index contributed by atoms with van der Waals surface area (Å²) >= 11 is 0. The zero-order valence-corrected chi connectivity index (χ0v) is 14.7. The van der Waals surface area contributed by atoms with Gasteiger partial charge in [-0.05, 0) is 23.6 Å². The molecule has 0 fully saturated rings. The Morgan fingerprint density at radius 2 is 1.67 bits per heavy atom. The lowest BCUT2D eigenvalue weighted by molar-refractivity contribution is -0.138. The second-order valence-corrected chi connectivity index (χ2v) is 7.04. The summed E-state index contributed by atoms with van der Waals surface area (Å²) in [6.07, 6.45) is 0.0205. The van der Waals surface area contributed by atoms with Crippen molar-refractivity contribution in [2.45, 2.75) is 40.7 Å². The molecule has 0 spiro atoms. The number of carbonyl (C=O) groups excluding carboxylic acids is 2. The average Bonchev–Trinajstić information content (AvgIpc) is 2.49. The molecule has 2 amide bonds. The summed E-state index contributed by atoms with van der Waals surface area (Å²) in [5.74, 6) is -1.27. The summed E-state index contributed by atoms with van der Waals surface area (Å²) in [5, 5.41) is 14.3. The van der Waals surface area contributed by atoms with Crippen molar-refractivity contribution < 1.29 is 19.5 Å². The van der Waals surface area contributed by atoms with Crippen molar-refractivity contribution in [3.05, 3.63) is 35.4 Å². The van der Waals surface area contributed by atoms with E-state index in [2.05, 4.69) is 10.6 Å². The van der Waals surface area contributed by atoms with Crippen LogP contribution in [0.3, 0.4) is 0 Å². The second-order valence-electron chi connectivity index (χ2n) is 7.04. The highest BCUT2D eigenvalue weighted by molar-refractivity contribution is 5.94. The van der Waals surface area contributed by atoms with E-state index in [9.17, 15) is 14.4 Å². The van der Waals surface area contributed by atoms with E-state index in [1.54, 1.807) is 31.2 Å². The van der Waals surface area contributed by atoms with Gasteiger partial charge in [0.1, 0.15) is 0 Å². The van der Waals surface area contributed by atoms with Crippen LogP contribution in [0.2, 0.25) is 0 Å². The molecular formula is C18H26N2O4. The first kappa shape index (κ1) is 19.7. The summed E-state index contributed by atoms with van der Waals surface area (Å²) in [6.45, 7) is 8.04. The smallest absolute Gasteiger partial charge is 0.303 e. The van der Waals surface area contributed by atoms with E-state index >= 15 is 0 Å². The molecule has 1 atom stereocenters. The Bertz CT molecular complexity index is 588. The number of aliphatic carboxylic acids is 1. The molecule has 3 N–H and O–H groups in total. The van der Waals surface area contributed by atoms with Crippen molar-refractivity contribution in [3.63, 3.8) is 0 Å². The van der Waals surface area contributed by atoms with Crippen LogP contribution < -0.4 is 10.6 Å². The predicted molar refractivity (Wildman–Crippen MR) is 91.5 cm³/mol. The predicted octanol–water partition coefficient (Wildman–Crippen LogP) is 2.19. The van der Waals surface area contributed by atoms with Crippen molar-refractivity contribution in [1.82, 2.24) is 10.6 Å². The van der Waals surface area contributed by atoms with E-state index < -0.39 is 11.4 Å². The lowest BCUT2D eigenvalue weighted by Gasteiger charge is -2.17. The van der Waals surface area contributed by atoms with Crippen molar-refractivity contribution in [2.75, 3.05) is 6.54 Å². The molecule has 24 heavy (non-hydrogen) atoms. The third kappa shape index (κ3) is 6.81. The molecule has 0 bridgehead atoms. The summed E-state index contributed by atoms with van der Waals surface area (Å²) in [4.78, 5) is 34.4. The van der Waals surface area contributed by atoms with Crippen molar-refractivity contribution >= 4 is 17.8 Å². The van der Waals surface area contributed by atoms with E-state index in [1.807, 2.05) is 20.8 Å². The molecule has 132 valence electrons. The van der Waals surface area contributed by atoms with Crippen LogP contribution in [0.1, 0.15) is 50.0 Å². The third-order valence-corrected chi connectivity index (χ3v) is 3.48. The molecule has 0 saturated carbocycles. The Morgan fingerprint density at radius 1 is 1.08 bits per heavy atom. The van der Waals surface area contributed by atoms with Gasteiger partial charge in [-0.1, -0.05) is 39.8 Å². The zero-order valence-electron chi connectivity index (χ0n) is 14.7. The maximum atomic E-state index is 12.0. The fourth-order valence-electron chi connectivity index (χ4n) is 1.96. The van der Waals surface area contributed by atoms with Crippen molar-refractivity contribution in [2.24, 2.45) is 11.3 Å². The molecule has 1 rings (SSSR count). The maximum Gasteiger partial charge on any atom is 0.303 e. The fourth-order valence-corrected chi connectivity index (χ4v) is 1.96. The molecule has 0 saturated heterocycles. The molecule has 0 aliphatic heterocycles. The Hall–Kier alpha value is -2.37. The van der Waals surface area contributed by atoms with Gasteiger partial charge in [0.2, 0.25) is 5.91 Å². The maximum absolute atomic E-state index is 12.0. The van der Waals surface area contributed by atoms with Gasteiger partial charge < -0.3 is 15.7 Å². The average molecular weight is 334 g/mol. The van der Waals surface area contributed by atoms with Gasteiger partial charge in [0.05, 0.1) is 0 Å². The third-order valence-electron chi connectivity index (χ3n) is 3.48. The molecule has 6 nitrogen and oxygen atoms in total. The molecule has 0 aliphatic rings. The first-order valence-electron chi connectivity index (χ1n) is 7.97. The van der Waals surface area contributed by atoms with Crippen LogP contribution >= 0.6 is 0 Å². The number of hydrogen-bond donors (Lipinski definition) is 3. The van der Waals surface area contributed by atoms with Crippen molar-refractivity contribution in [3.8, 4) is 0 Å². The number of amides is 2. The number of benzene rings is 1. The molecule has 1 aromatic carbocycles. The summed E-state index contributed by atoms with van der Waals surface area (Å²) in [5.41, 5.74) is 0.971. The van der Waals surface area contributed by atoms with Gasteiger partial charge in [0.15, 0.2) is 0 Å². The number of hydrogen-bond acceptors (Lipinski definition) is 3. The van der Waals surface area contributed by atoms with Crippen LogP contribution in [-0.2, 0) is 16.1 Å². The number of rotatable bonds is 7. The van der Waals surface area contributed by atoms with E-state index in [1.165, 1.54) is 0 Å². The van der Waals surface area contributed by atoms with Gasteiger partial charge in [-0.25, -0.2) is 0 Å². The number of carboxylic acids is 1. The second kappa shape index (κ2) is 8.47. The topological polar surface area (TPSA) is 95.5 Å². The largest absolute Gasteiger partial charge is 0.481 e. The number of carboxylic acid groups (broad SMARTS) is 1. The van der Waals surface area contributed by atoms with E-state index in [0.717, 1.165) is 5.56 Å². The van der Waals surface area contributed by atoms with Crippen LogP contribution in [0.5, 0.6) is 0 Å². The Kier molecular flexibility index (Phi) is 6.95. The minimum atomic E-state index is -0.876. The number of carbonyl (C=O) groups is 3. The van der Waals surface area contributed by atoms with Gasteiger partial charge in [-0.3, -0.25) is 14.4 Å². The normalized spacial score (nSPS) is 12.3. The van der Waals surface area contributed by atoms with Crippen LogP contribution in [-0.4, -0.2) is 29.4 Å². The highest BCUT2D eigenvalue weighted by atomic mass is 16.4. The molecule has 0 heterocycles. The van der Waals surface area contributed by atoms with Crippen molar-refractivity contribution in [1.29, 1.82) is 0 Å². The molecule has 1 aromatic rings. The van der Waals surface area contributed by atoms with E-state index in [4.69, 9.17) is 5.11 Å². The highest BCUT2D eigenvalue weighted by Crippen LogP contribution is 2.13. The van der Waals surface area contributed by atoms with Gasteiger partial charge >= 0.3 is 5.97 Å². The standard InChI is InChI=1S/C18H26N2O4/c1-12(9-15(21)22)10-19-16(23)14-7-5-13(6-8-14)11-20-17(24)18(2,3)4/h5-8,12H,9-11H2,1-4H3,(H,19,23)(H,20,24)(H,21,22). The van der Waals surface area contributed by atoms with Gasteiger partial charge in [0.25, 0.3) is 5.91 Å². The Balaban J connectivity index is 2.50. The summed E-state index contributed by atoms with van der Waals surface area (Å²) in [7, 11) is 0. The van der Waals surface area contributed by atoms with Gasteiger partial charge in [0, 0.05) is 30.5 Å². The minimum Gasteiger partial charge on any atom is -0.481 e. The van der Waals surface area contributed by atoms with E-state index in [-0.39, 0.29) is 24.2 Å². The molecule has 0 aromatic heterocycles. The lowest BCUT2D eigenvalue weighted by atomic mass is 9.95. The van der Waals surface area contributed by atoms with Crippen LogP contribution in [0.25, 0.3) is 0 Å². The molecule has 6 heteroatoms. The first-order chi connectivity index (χ1) is 11.1. The SMILES string of the molecule is CC(CNC(=O)c1ccc(CNC(=O)C(C)(C)C)cc1)CC(=O)O. The Labute approximate surface area is 142 Å². The quantitative estimate of drug-likeness (QED) is 0.712. The van der Waals surface area contributed by atoms with Crippen LogP contribution in [0.15, 0.2) is 24.3 Å². The minimum absolute atomic E-state index is 0.0205. The molecule has 0 radical (unpaired) electrons. The fraction of sp³-hybridized carbons (Fsp3) is 0.500. The van der Waals surface area contributed by atoms with Crippen LogP contribution in [0.4, 0.5) is 0 Å². The highest BCUT2D eigenvalue weighted by Gasteiger charge is 2.20. The number of nitrogens with one attached hydrogen (secondary N) is 2. The first-order valence-corrected chi connectivity index (χ1v) is 7.97.